The van der Waals surface area contributed by atoms with E-state index in [4.69, 9.17) is 2.74 Å². The quantitative estimate of drug-likeness (QED) is 0.127. The van der Waals surface area contributed by atoms with Crippen molar-refractivity contribution in [1.82, 2.24) is 4.98 Å². The van der Waals surface area contributed by atoms with Crippen LogP contribution in [-0.2, 0) is 31.3 Å². The second kappa shape index (κ2) is 17.1. The molecule has 1 radical (unpaired) electrons. The van der Waals surface area contributed by atoms with Crippen molar-refractivity contribution in [3.05, 3.63) is 77.1 Å². The molecule has 0 saturated heterocycles. The Labute approximate surface area is 271 Å². The van der Waals surface area contributed by atoms with E-state index in [9.17, 15) is 23.1 Å². The fourth-order valence-corrected chi connectivity index (χ4v) is 5.82. The van der Waals surface area contributed by atoms with Crippen LogP contribution in [0.3, 0.4) is 0 Å². The third-order valence-corrected chi connectivity index (χ3v) is 8.17. The Kier molecular flexibility index (Phi) is 13.3. The topological polar surface area (TPSA) is 50.2 Å². The van der Waals surface area contributed by atoms with Crippen LogP contribution in [0.2, 0.25) is 0 Å². The molecule has 7 heteroatoms. The predicted molar refractivity (Wildman–Crippen MR) is 165 cm³/mol. The average Bonchev–Trinajstić information content (AvgIpc) is 3.46. The van der Waals surface area contributed by atoms with Gasteiger partial charge in [-0.15, -0.1) is 34.9 Å². The number of alkyl halides is 3. The van der Waals surface area contributed by atoms with Gasteiger partial charge in [-0.1, -0.05) is 78.5 Å². The minimum atomic E-state index is -4.33. The van der Waals surface area contributed by atoms with Crippen molar-refractivity contribution in [2.45, 2.75) is 98.6 Å². The number of fused-ring (bicyclic) bond motifs is 1. The van der Waals surface area contributed by atoms with Crippen molar-refractivity contribution in [1.29, 1.82) is 0 Å². The Morgan fingerprint density at radius 1 is 1.09 bits per heavy atom. The number of benzene rings is 2. The molecule has 1 N–H and O–H groups in total. The van der Waals surface area contributed by atoms with Crippen molar-refractivity contribution in [2.24, 2.45) is 17.8 Å². The summed E-state index contributed by atoms with van der Waals surface area (Å²) in [5.74, 6) is -1.23. The van der Waals surface area contributed by atoms with E-state index in [1.165, 1.54) is 31.2 Å². The summed E-state index contributed by atoms with van der Waals surface area (Å²) in [5, 5.41) is 11.4. The number of hydrogen-bond acceptors (Lipinski definition) is 3. The number of ketones is 1. The number of carbonyl (C=O) groups is 1. The Bertz CT molecular complexity index is 1440. The normalized spacial score (nSPS) is 15.4. The van der Waals surface area contributed by atoms with E-state index < -0.39 is 24.3 Å². The second-order valence-corrected chi connectivity index (χ2v) is 11.6. The van der Waals surface area contributed by atoms with Crippen LogP contribution in [0.25, 0.3) is 22.0 Å². The first-order valence-corrected chi connectivity index (χ1v) is 15.2. The van der Waals surface area contributed by atoms with Gasteiger partial charge in [0.1, 0.15) is 0 Å². The number of aryl methyl sites for hydroxylation is 2. The largest absolute Gasteiger partial charge is 0.512 e. The molecule has 43 heavy (non-hydrogen) atoms. The number of allylic oxidation sites excluding steroid dienone is 2. The SMILES string of the molecule is CCC(CC)C(=O)/C=C(\O)C(CC)CC(F)(F)F.[2H]c1nc(-c2[c-]c(C)cc(C)c2)c2ccc(CC3CCCC3)cc2c1[2H].[Ir]. The van der Waals surface area contributed by atoms with Crippen LogP contribution >= 0.6 is 0 Å². The van der Waals surface area contributed by atoms with Crippen molar-refractivity contribution in [3.63, 3.8) is 0 Å². The van der Waals surface area contributed by atoms with Crippen molar-refractivity contribution in [3.8, 4) is 11.3 Å². The van der Waals surface area contributed by atoms with Gasteiger partial charge in [0.15, 0.2) is 5.78 Å². The minimum Gasteiger partial charge on any atom is -0.512 e. The predicted octanol–water partition coefficient (Wildman–Crippen LogP) is 10.5. The molecule has 237 valence electrons. The molecular formula is C36H45F3IrNO2-. The summed E-state index contributed by atoms with van der Waals surface area (Å²) in [6.45, 7) is 9.32. The van der Waals surface area contributed by atoms with Crippen LogP contribution in [0.15, 0.2) is 54.4 Å². The van der Waals surface area contributed by atoms with Gasteiger partial charge in [-0.25, -0.2) is 0 Å². The van der Waals surface area contributed by atoms with E-state index in [1.54, 1.807) is 6.92 Å². The first kappa shape index (κ1) is 33.4. The van der Waals surface area contributed by atoms with Gasteiger partial charge in [-0.3, -0.25) is 4.79 Å². The van der Waals surface area contributed by atoms with Gasteiger partial charge in [-0.05, 0) is 59.7 Å². The van der Waals surface area contributed by atoms with Crippen LogP contribution < -0.4 is 0 Å². The van der Waals surface area contributed by atoms with Crippen LogP contribution in [0.4, 0.5) is 13.2 Å². The number of halogens is 3. The van der Waals surface area contributed by atoms with E-state index in [0.29, 0.717) is 12.8 Å². The second-order valence-electron chi connectivity index (χ2n) is 11.6. The molecular weight excluding hydrogens is 728 g/mol. The number of pyridine rings is 1. The number of carbonyl (C=O) groups excluding carboxylic acids is 1. The van der Waals surface area contributed by atoms with Crippen LogP contribution in [-0.4, -0.2) is 22.1 Å². The molecule has 1 aliphatic rings. The van der Waals surface area contributed by atoms with E-state index in [-0.39, 0.29) is 50.4 Å². The van der Waals surface area contributed by atoms with E-state index in [1.807, 2.05) is 20.8 Å². The van der Waals surface area contributed by atoms with E-state index in [0.717, 1.165) is 51.6 Å². The van der Waals surface area contributed by atoms with Crippen molar-refractivity contribution in [2.75, 3.05) is 0 Å². The summed E-state index contributed by atoms with van der Waals surface area (Å²) in [4.78, 5) is 16.1. The zero-order valence-corrected chi connectivity index (χ0v) is 28.2. The Hall–Kier alpha value is -2.50. The monoisotopic (exact) mass is 775 g/mol. The van der Waals surface area contributed by atoms with Crippen LogP contribution in [0.1, 0.15) is 91.6 Å². The molecule has 1 aliphatic carbocycles. The maximum Gasteiger partial charge on any atom is 0.389 e. The van der Waals surface area contributed by atoms with Crippen molar-refractivity contribution < 1.29 is 45.9 Å². The zero-order chi connectivity index (χ0) is 32.6. The number of hydrogen-bond donors (Lipinski definition) is 1. The van der Waals surface area contributed by atoms with Gasteiger partial charge in [0.25, 0.3) is 0 Å². The smallest absolute Gasteiger partial charge is 0.389 e. The molecule has 3 nitrogen and oxygen atoms in total. The Balaban J connectivity index is 0.000000331. The number of aromatic nitrogens is 1. The van der Waals surface area contributed by atoms with Gasteiger partial charge >= 0.3 is 6.18 Å². The Morgan fingerprint density at radius 2 is 1.74 bits per heavy atom. The average molecular weight is 775 g/mol. The number of aliphatic hydroxyl groups excluding tert-OH is 1. The zero-order valence-electron chi connectivity index (χ0n) is 27.8. The molecule has 3 aromatic rings. The van der Waals surface area contributed by atoms with Gasteiger partial charge in [0.05, 0.1) is 14.9 Å². The minimum absolute atomic E-state index is 0. The summed E-state index contributed by atoms with van der Waals surface area (Å²) in [6, 6.07) is 14.1. The maximum absolute atomic E-state index is 12.3. The molecule has 4 rings (SSSR count). The first-order valence-electron chi connectivity index (χ1n) is 16.2. The molecule has 0 bridgehead atoms. The molecule has 1 fully saturated rings. The summed E-state index contributed by atoms with van der Waals surface area (Å²) >= 11 is 0. The molecule has 0 amide bonds. The van der Waals surface area contributed by atoms with Gasteiger partial charge < -0.3 is 10.1 Å². The Morgan fingerprint density at radius 3 is 2.33 bits per heavy atom. The van der Waals surface area contributed by atoms with Gasteiger partial charge in [0, 0.05) is 44.2 Å². The summed E-state index contributed by atoms with van der Waals surface area (Å²) < 4.78 is 53.3. The fraction of sp³-hybridized carbons (Fsp3) is 0.500. The molecule has 1 aromatic heterocycles. The van der Waals surface area contributed by atoms with Crippen LogP contribution in [0, 0.1) is 37.7 Å². The van der Waals surface area contributed by atoms with E-state index in [2.05, 4.69) is 48.3 Å². The van der Waals surface area contributed by atoms with Gasteiger partial charge in [0.2, 0.25) is 0 Å². The maximum atomic E-state index is 12.3. The van der Waals surface area contributed by atoms with Crippen LogP contribution in [0.5, 0.6) is 0 Å². The first-order chi connectivity index (χ1) is 20.8. The summed E-state index contributed by atoms with van der Waals surface area (Å²) in [6.07, 6.45) is 3.37. The fourth-order valence-electron chi connectivity index (χ4n) is 5.82. The summed E-state index contributed by atoms with van der Waals surface area (Å²) in [7, 11) is 0. The number of aliphatic hydroxyl groups is 1. The van der Waals surface area contributed by atoms with Crippen molar-refractivity contribution >= 4 is 16.6 Å². The standard InChI is InChI=1S/C23H24N.C13H21F3O2.Ir/c1-16-11-17(2)13-21(12-16)23-22-8-7-19(14-18-5-3-4-6-18)15-20(22)9-10-24-23;1-4-9(5-2)11(17)7-12(18)10(6-3)8-13(14,15)16;/h7-12,15,18H,3-6,14H2,1-2H3;7,9-10,18H,4-6,8H2,1-3H3;/q-1;;/b;12-7-;/i9D,10D;;. The number of nitrogens with zero attached hydrogens (tertiary/aromatic N) is 1. The third-order valence-electron chi connectivity index (χ3n) is 8.17. The molecule has 0 spiro atoms. The third kappa shape index (κ3) is 11.2. The molecule has 2 aromatic carbocycles. The molecule has 1 heterocycles. The molecule has 1 atom stereocenters. The molecule has 1 unspecified atom stereocenters. The molecule has 1 saturated carbocycles. The van der Waals surface area contributed by atoms with E-state index >= 15 is 0 Å². The molecule has 0 aliphatic heterocycles. The number of rotatable bonds is 10. The van der Waals surface area contributed by atoms with Gasteiger partial charge in [-0.2, -0.15) is 13.2 Å². The summed E-state index contributed by atoms with van der Waals surface area (Å²) in [5.41, 5.74) is 5.17.